The fourth-order valence-corrected chi connectivity index (χ4v) is 1.83. The molecular formula is C10H13ClF2N2O. The third-order valence-corrected chi connectivity index (χ3v) is 2.70. The molecular weight excluding hydrogens is 238 g/mol. The average Bonchev–Trinajstić information content (AvgIpc) is 2.19. The zero-order chi connectivity index (χ0) is 10.9. The Hall–Kier alpha value is -0.940. The molecule has 1 saturated heterocycles. The number of aromatic amines is 1. The highest BCUT2D eigenvalue weighted by Crippen LogP contribution is 2.37. The van der Waals surface area contributed by atoms with E-state index in [-0.39, 0.29) is 30.9 Å². The highest BCUT2D eigenvalue weighted by molar-refractivity contribution is 5.85. The molecule has 0 spiro atoms. The van der Waals surface area contributed by atoms with Crippen LogP contribution in [0.3, 0.4) is 0 Å². The summed E-state index contributed by atoms with van der Waals surface area (Å²) >= 11 is 0. The van der Waals surface area contributed by atoms with Crippen LogP contribution < -0.4 is 10.9 Å². The largest absolute Gasteiger partial charge is 0.329 e. The summed E-state index contributed by atoms with van der Waals surface area (Å²) in [5.74, 6) is -3.54. The molecule has 1 unspecified atom stereocenters. The maximum atomic E-state index is 13.5. The number of hydrogen-bond acceptors (Lipinski definition) is 2. The first-order valence-electron chi connectivity index (χ1n) is 4.87. The van der Waals surface area contributed by atoms with Gasteiger partial charge < -0.3 is 10.3 Å². The molecule has 2 heterocycles. The van der Waals surface area contributed by atoms with Gasteiger partial charge in [-0.3, -0.25) is 4.79 Å². The molecule has 2 rings (SSSR count). The molecule has 1 aromatic rings. The minimum atomic E-state index is -2.69. The topological polar surface area (TPSA) is 44.9 Å². The van der Waals surface area contributed by atoms with Crippen molar-refractivity contribution in [2.75, 3.05) is 13.1 Å². The number of pyridine rings is 1. The lowest BCUT2D eigenvalue weighted by Gasteiger charge is -2.31. The van der Waals surface area contributed by atoms with Crippen molar-refractivity contribution in [1.82, 2.24) is 10.3 Å². The molecule has 0 saturated carbocycles. The molecule has 1 aromatic heterocycles. The Labute approximate surface area is 97.7 Å². The maximum Gasteiger partial charge on any atom is 0.257 e. The number of aromatic nitrogens is 1. The molecule has 1 aliphatic rings. The van der Waals surface area contributed by atoms with Crippen molar-refractivity contribution in [2.24, 2.45) is 0 Å². The number of hydrogen-bond donors (Lipinski definition) is 2. The van der Waals surface area contributed by atoms with E-state index >= 15 is 0 Å². The monoisotopic (exact) mass is 250 g/mol. The Morgan fingerprint density at radius 3 is 2.69 bits per heavy atom. The first-order valence-corrected chi connectivity index (χ1v) is 4.87. The van der Waals surface area contributed by atoms with E-state index in [2.05, 4.69) is 10.3 Å². The van der Waals surface area contributed by atoms with Crippen LogP contribution >= 0.6 is 12.4 Å². The normalized spacial score (nSPS) is 23.5. The first kappa shape index (κ1) is 13.1. The second-order valence-electron chi connectivity index (χ2n) is 3.75. The molecule has 6 heteroatoms. The quantitative estimate of drug-likeness (QED) is 0.794. The van der Waals surface area contributed by atoms with Gasteiger partial charge in [0.1, 0.15) is 0 Å². The van der Waals surface area contributed by atoms with Crippen molar-refractivity contribution in [3.63, 3.8) is 0 Å². The van der Waals surface area contributed by atoms with E-state index in [1.807, 2.05) is 0 Å². The second-order valence-corrected chi connectivity index (χ2v) is 3.75. The average molecular weight is 251 g/mol. The third-order valence-electron chi connectivity index (χ3n) is 2.70. The van der Waals surface area contributed by atoms with Crippen molar-refractivity contribution in [3.8, 4) is 0 Å². The van der Waals surface area contributed by atoms with E-state index in [4.69, 9.17) is 0 Å². The van der Waals surface area contributed by atoms with E-state index in [9.17, 15) is 13.6 Å². The van der Waals surface area contributed by atoms with Crippen molar-refractivity contribution in [2.45, 2.75) is 18.3 Å². The molecule has 16 heavy (non-hydrogen) atoms. The van der Waals surface area contributed by atoms with Gasteiger partial charge in [-0.15, -0.1) is 12.4 Å². The van der Waals surface area contributed by atoms with Gasteiger partial charge >= 0.3 is 0 Å². The number of nitrogens with one attached hydrogen (secondary N) is 2. The molecule has 1 atom stereocenters. The molecule has 3 nitrogen and oxygen atoms in total. The summed E-state index contributed by atoms with van der Waals surface area (Å²) in [5.41, 5.74) is 0.206. The number of halogens is 3. The summed E-state index contributed by atoms with van der Waals surface area (Å²) < 4.78 is 27.0. The van der Waals surface area contributed by atoms with Crippen LogP contribution in [-0.2, 0) is 0 Å². The van der Waals surface area contributed by atoms with Gasteiger partial charge in [0.05, 0.1) is 5.92 Å². The summed E-state index contributed by atoms with van der Waals surface area (Å²) in [6.45, 7) is 0.589. The number of alkyl halides is 2. The van der Waals surface area contributed by atoms with Crippen LogP contribution in [0.4, 0.5) is 8.78 Å². The van der Waals surface area contributed by atoms with Crippen LogP contribution in [0.1, 0.15) is 17.9 Å². The highest BCUT2D eigenvalue weighted by Gasteiger charge is 2.42. The summed E-state index contributed by atoms with van der Waals surface area (Å²) in [6.07, 6.45) is 1.21. The number of H-pyrrole nitrogens is 1. The SMILES string of the molecule is Cl.O=c1ccc(C2CNCCC2(F)F)c[nH]1. The minimum Gasteiger partial charge on any atom is -0.329 e. The molecule has 2 N–H and O–H groups in total. The second kappa shape index (κ2) is 4.93. The lowest BCUT2D eigenvalue weighted by atomic mass is 9.89. The van der Waals surface area contributed by atoms with E-state index in [1.54, 1.807) is 0 Å². The van der Waals surface area contributed by atoms with Crippen LogP contribution in [0.2, 0.25) is 0 Å². The zero-order valence-corrected chi connectivity index (χ0v) is 9.32. The molecule has 0 aliphatic carbocycles. The van der Waals surface area contributed by atoms with E-state index in [0.29, 0.717) is 12.1 Å². The molecule has 0 aromatic carbocycles. The van der Waals surface area contributed by atoms with Gasteiger partial charge in [-0.25, -0.2) is 8.78 Å². The van der Waals surface area contributed by atoms with E-state index < -0.39 is 11.8 Å². The zero-order valence-electron chi connectivity index (χ0n) is 8.50. The molecule has 0 radical (unpaired) electrons. The van der Waals surface area contributed by atoms with E-state index in [0.717, 1.165) is 0 Å². The van der Waals surface area contributed by atoms with Crippen molar-refractivity contribution >= 4 is 12.4 Å². The number of rotatable bonds is 1. The standard InChI is InChI=1S/C10H12F2N2O.ClH/c11-10(12)3-4-13-6-8(10)7-1-2-9(15)14-5-7;/h1-2,5,8,13H,3-4,6H2,(H,14,15);1H. The van der Waals surface area contributed by atoms with Crippen LogP contribution in [0.15, 0.2) is 23.1 Å². The van der Waals surface area contributed by atoms with Gasteiger partial charge in [-0.2, -0.15) is 0 Å². The van der Waals surface area contributed by atoms with Gasteiger partial charge in [0.15, 0.2) is 0 Å². The Kier molecular flexibility index (Phi) is 4.04. The van der Waals surface area contributed by atoms with Gasteiger partial charge in [-0.1, -0.05) is 6.07 Å². The Bertz CT molecular complexity index is 388. The molecule has 1 fully saturated rings. The summed E-state index contributed by atoms with van der Waals surface area (Å²) in [5, 5.41) is 2.93. The fourth-order valence-electron chi connectivity index (χ4n) is 1.83. The molecule has 0 amide bonds. The fraction of sp³-hybridized carbons (Fsp3) is 0.500. The lowest BCUT2D eigenvalue weighted by Crippen LogP contribution is -2.43. The van der Waals surface area contributed by atoms with Gasteiger partial charge in [0.25, 0.3) is 5.92 Å². The highest BCUT2D eigenvalue weighted by atomic mass is 35.5. The summed E-state index contributed by atoms with van der Waals surface area (Å²) in [7, 11) is 0. The molecule has 1 aliphatic heterocycles. The predicted octanol–water partition coefficient (Wildman–Crippen LogP) is 1.51. The predicted molar refractivity (Wildman–Crippen MR) is 59.5 cm³/mol. The first-order chi connectivity index (χ1) is 7.09. The van der Waals surface area contributed by atoms with Gasteiger partial charge in [0.2, 0.25) is 5.56 Å². The van der Waals surface area contributed by atoms with Crippen molar-refractivity contribution < 1.29 is 8.78 Å². The summed E-state index contributed by atoms with van der Waals surface area (Å²) in [4.78, 5) is 13.2. The van der Waals surface area contributed by atoms with E-state index in [1.165, 1.54) is 18.3 Å². The van der Waals surface area contributed by atoms with Crippen molar-refractivity contribution in [1.29, 1.82) is 0 Å². The lowest BCUT2D eigenvalue weighted by molar-refractivity contribution is -0.0480. The minimum absolute atomic E-state index is 0. The van der Waals surface area contributed by atoms with Gasteiger partial charge in [-0.05, 0) is 5.56 Å². The Morgan fingerprint density at radius 1 is 1.38 bits per heavy atom. The van der Waals surface area contributed by atoms with Crippen LogP contribution in [0.5, 0.6) is 0 Å². The van der Waals surface area contributed by atoms with Crippen LogP contribution in [0, 0.1) is 0 Å². The van der Waals surface area contributed by atoms with Crippen molar-refractivity contribution in [3.05, 3.63) is 34.2 Å². The molecule has 0 bridgehead atoms. The smallest absolute Gasteiger partial charge is 0.257 e. The Balaban J connectivity index is 0.00000128. The van der Waals surface area contributed by atoms with Crippen LogP contribution in [-0.4, -0.2) is 24.0 Å². The number of piperidine rings is 1. The maximum absolute atomic E-state index is 13.5. The third kappa shape index (κ3) is 2.59. The molecule has 90 valence electrons. The Morgan fingerprint density at radius 2 is 2.12 bits per heavy atom. The summed E-state index contributed by atoms with van der Waals surface area (Å²) in [6, 6.07) is 2.74. The van der Waals surface area contributed by atoms with Gasteiger partial charge in [0, 0.05) is 31.8 Å². The van der Waals surface area contributed by atoms with Crippen LogP contribution in [0.25, 0.3) is 0 Å².